The molecular formula is C15H12ClFN2O. The summed E-state index contributed by atoms with van der Waals surface area (Å²) in [4.78, 5) is 14.0. The molecule has 0 saturated carbocycles. The molecule has 3 rings (SSSR count). The number of rotatable bonds is 1. The van der Waals surface area contributed by atoms with E-state index in [0.29, 0.717) is 18.8 Å². The van der Waals surface area contributed by atoms with Gasteiger partial charge in [-0.15, -0.1) is 0 Å². The fraction of sp³-hybridized carbons (Fsp3) is 0.133. The third kappa shape index (κ3) is 2.12. The number of benzene rings is 2. The molecule has 1 heterocycles. The monoisotopic (exact) mass is 290 g/mol. The predicted molar refractivity (Wildman–Crippen MR) is 75.8 cm³/mol. The van der Waals surface area contributed by atoms with Crippen molar-refractivity contribution in [2.24, 2.45) is 0 Å². The number of anilines is 1. The van der Waals surface area contributed by atoms with E-state index < -0.39 is 5.82 Å². The van der Waals surface area contributed by atoms with Crippen molar-refractivity contribution in [3.63, 3.8) is 0 Å². The minimum atomic E-state index is -0.672. The molecule has 0 atom stereocenters. The highest BCUT2D eigenvalue weighted by Gasteiger charge is 2.26. The molecule has 3 nitrogen and oxygen atoms in total. The van der Waals surface area contributed by atoms with E-state index in [4.69, 9.17) is 17.3 Å². The molecule has 2 aromatic carbocycles. The molecule has 20 heavy (non-hydrogen) atoms. The van der Waals surface area contributed by atoms with E-state index in [-0.39, 0.29) is 16.5 Å². The average Bonchev–Trinajstić information content (AvgIpc) is 2.84. The van der Waals surface area contributed by atoms with E-state index in [1.54, 1.807) is 17.0 Å². The Kier molecular flexibility index (Phi) is 3.10. The zero-order valence-corrected chi connectivity index (χ0v) is 11.3. The van der Waals surface area contributed by atoms with Crippen molar-refractivity contribution in [2.75, 3.05) is 5.73 Å². The van der Waals surface area contributed by atoms with Gasteiger partial charge in [0.05, 0.1) is 10.6 Å². The first-order chi connectivity index (χ1) is 9.56. The Bertz CT molecular complexity index is 702. The van der Waals surface area contributed by atoms with Gasteiger partial charge in [-0.1, -0.05) is 23.7 Å². The molecule has 102 valence electrons. The summed E-state index contributed by atoms with van der Waals surface area (Å²) in [6.07, 6.45) is 0. The summed E-state index contributed by atoms with van der Waals surface area (Å²) in [5, 5.41) is -0.0446. The highest BCUT2D eigenvalue weighted by Crippen LogP contribution is 2.27. The standard InChI is InChI=1S/C15H12ClFN2O/c16-13-3-1-2-12(14(13)17)15(20)19-7-9-4-5-11(18)6-10(9)8-19/h1-6H,7-8,18H2. The summed E-state index contributed by atoms with van der Waals surface area (Å²) in [6.45, 7) is 0.894. The Morgan fingerprint density at radius 1 is 1.20 bits per heavy atom. The van der Waals surface area contributed by atoms with Gasteiger partial charge in [-0.3, -0.25) is 4.79 Å². The molecule has 5 heteroatoms. The first kappa shape index (κ1) is 12.9. The molecule has 0 unspecified atom stereocenters. The molecule has 0 aromatic heterocycles. The second-order valence-electron chi connectivity index (χ2n) is 4.79. The SMILES string of the molecule is Nc1ccc2c(c1)CN(C(=O)c1cccc(Cl)c1F)C2. The predicted octanol–water partition coefficient (Wildman–Crippen LogP) is 3.22. The van der Waals surface area contributed by atoms with E-state index >= 15 is 0 Å². The molecule has 0 fully saturated rings. The van der Waals surface area contributed by atoms with Crippen molar-refractivity contribution in [3.05, 3.63) is 63.9 Å². The number of hydrogen-bond acceptors (Lipinski definition) is 2. The number of carbonyl (C=O) groups is 1. The van der Waals surface area contributed by atoms with Gasteiger partial charge in [0.25, 0.3) is 5.91 Å². The summed E-state index contributed by atoms with van der Waals surface area (Å²) < 4.78 is 13.9. The maximum absolute atomic E-state index is 13.9. The van der Waals surface area contributed by atoms with Crippen LogP contribution in [0.3, 0.4) is 0 Å². The van der Waals surface area contributed by atoms with E-state index in [2.05, 4.69) is 0 Å². The normalized spacial score (nSPS) is 13.4. The number of carbonyl (C=O) groups excluding carboxylic acids is 1. The van der Waals surface area contributed by atoms with Crippen molar-refractivity contribution in [1.82, 2.24) is 4.90 Å². The van der Waals surface area contributed by atoms with Gasteiger partial charge in [0, 0.05) is 18.8 Å². The van der Waals surface area contributed by atoms with Crippen molar-refractivity contribution < 1.29 is 9.18 Å². The molecule has 1 aliphatic heterocycles. The van der Waals surface area contributed by atoms with Crippen LogP contribution in [0.15, 0.2) is 36.4 Å². The van der Waals surface area contributed by atoms with E-state index in [1.807, 2.05) is 12.1 Å². The molecule has 0 aliphatic carbocycles. The van der Waals surface area contributed by atoms with Gasteiger partial charge in [-0.2, -0.15) is 0 Å². The summed E-state index contributed by atoms with van der Waals surface area (Å²) in [6, 6.07) is 9.98. The van der Waals surface area contributed by atoms with E-state index in [9.17, 15) is 9.18 Å². The number of fused-ring (bicyclic) bond motifs is 1. The minimum Gasteiger partial charge on any atom is -0.399 e. The summed E-state index contributed by atoms with van der Waals surface area (Å²) in [5.74, 6) is -1.03. The van der Waals surface area contributed by atoms with Crippen molar-refractivity contribution in [2.45, 2.75) is 13.1 Å². The number of hydrogen-bond donors (Lipinski definition) is 1. The van der Waals surface area contributed by atoms with Crippen molar-refractivity contribution >= 4 is 23.2 Å². The zero-order valence-electron chi connectivity index (χ0n) is 10.6. The van der Waals surface area contributed by atoms with Crippen LogP contribution in [0.1, 0.15) is 21.5 Å². The third-order valence-corrected chi connectivity index (χ3v) is 3.71. The van der Waals surface area contributed by atoms with E-state index in [1.165, 1.54) is 12.1 Å². The lowest BCUT2D eigenvalue weighted by molar-refractivity contribution is 0.0746. The Balaban J connectivity index is 1.89. The molecular weight excluding hydrogens is 279 g/mol. The first-order valence-electron chi connectivity index (χ1n) is 6.17. The molecule has 0 bridgehead atoms. The Hall–Kier alpha value is -2.07. The second-order valence-corrected chi connectivity index (χ2v) is 5.20. The van der Waals surface area contributed by atoms with Gasteiger partial charge in [0.15, 0.2) is 5.82 Å². The fourth-order valence-corrected chi connectivity index (χ4v) is 2.57. The quantitative estimate of drug-likeness (QED) is 0.820. The average molecular weight is 291 g/mol. The fourth-order valence-electron chi connectivity index (χ4n) is 2.40. The van der Waals surface area contributed by atoms with E-state index in [0.717, 1.165) is 11.1 Å². The number of halogens is 2. The molecule has 2 N–H and O–H groups in total. The lowest BCUT2D eigenvalue weighted by atomic mass is 10.1. The Labute approximate surface area is 120 Å². The van der Waals surface area contributed by atoms with Crippen LogP contribution >= 0.6 is 11.6 Å². The van der Waals surface area contributed by atoms with Crippen LogP contribution < -0.4 is 5.73 Å². The van der Waals surface area contributed by atoms with Crippen LogP contribution in [-0.2, 0) is 13.1 Å². The lowest BCUT2D eigenvalue weighted by Crippen LogP contribution is -2.26. The first-order valence-corrected chi connectivity index (χ1v) is 6.54. The molecule has 0 spiro atoms. The molecule has 1 aliphatic rings. The maximum atomic E-state index is 13.9. The van der Waals surface area contributed by atoms with Gasteiger partial charge in [0.1, 0.15) is 0 Å². The van der Waals surface area contributed by atoms with Crippen LogP contribution in [-0.4, -0.2) is 10.8 Å². The van der Waals surface area contributed by atoms with Crippen LogP contribution in [0.4, 0.5) is 10.1 Å². The van der Waals surface area contributed by atoms with Gasteiger partial charge < -0.3 is 10.6 Å². The smallest absolute Gasteiger partial charge is 0.257 e. The molecule has 0 saturated heterocycles. The van der Waals surface area contributed by atoms with Crippen molar-refractivity contribution in [3.8, 4) is 0 Å². The largest absolute Gasteiger partial charge is 0.399 e. The number of amides is 1. The van der Waals surface area contributed by atoms with Gasteiger partial charge in [-0.05, 0) is 35.4 Å². The van der Waals surface area contributed by atoms with Crippen LogP contribution in [0.5, 0.6) is 0 Å². The molecule has 1 amide bonds. The minimum absolute atomic E-state index is 0.00159. The Morgan fingerprint density at radius 2 is 1.95 bits per heavy atom. The highest BCUT2D eigenvalue weighted by atomic mass is 35.5. The van der Waals surface area contributed by atoms with Gasteiger partial charge in [-0.25, -0.2) is 4.39 Å². The van der Waals surface area contributed by atoms with Crippen molar-refractivity contribution in [1.29, 1.82) is 0 Å². The zero-order chi connectivity index (χ0) is 14.3. The number of nitrogens with two attached hydrogens (primary N) is 1. The topological polar surface area (TPSA) is 46.3 Å². The van der Waals surface area contributed by atoms with Crippen LogP contribution in [0.25, 0.3) is 0 Å². The highest BCUT2D eigenvalue weighted by molar-refractivity contribution is 6.31. The van der Waals surface area contributed by atoms with Crippen LogP contribution in [0, 0.1) is 5.82 Å². The van der Waals surface area contributed by atoms with Crippen LogP contribution in [0.2, 0.25) is 5.02 Å². The second kappa shape index (κ2) is 4.80. The maximum Gasteiger partial charge on any atom is 0.257 e. The molecule has 0 radical (unpaired) electrons. The van der Waals surface area contributed by atoms with Gasteiger partial charge in [0.2, 0.25) is 0 Å². The Morgan fingerprint density at radius 3 is 2.75 bits per heavy atom. The summed E-state index contributed by atoms with van der Waals surface area (Å²) in [7, 11) is 0. The lowest BCUT2D eigenvalue weighted by Gasteiger charge is -2.16. The summed E-state index contributed by atoms with van der Waals surface area (Å²) in [5.41, 5.74) is 8.42. The number of nitrogen functional groups attached to an aromatic ring is 1. The summed E-state index contributed by atoms with van der Waals surface area (Å²) >= 11 is 5.71. The third-order valence-electron chi connectivity index (χ3n) is 3.42. The molecule has 2 aromatic rings. The van der Waals surface area contributed by atoms with Gasteiger partial charge >= 0.3 is 0 Å². The number of nitrogens with zero attached hydrogens (tertiary/aromatic N) is 1.